The van der Waals surface area contributed by atoms with E-state index in [0.29, 0.717) is 12.2 Å². The molecule has 0 saturated heterocycles. The van der Waals surface area contributed by atoms with Crippen molar-refractivity contribution in [3.63, 3.8) is 0 Å². The fourth-order valence-electron chi connectivity index (χ4n) is 4.96. The standard InChI is InChI=1S/C24H34F3N3O5S2/c1-16-22(36(28,31)32)13-20(30(16)14-17-8-6-5-7-9-17)18-10-11-21(19(12-18)24(25,26)27)37(33,34)29-23(2,3)15-35-4/h10-13,17,29H,5-9,14-15H2,1-4H3,(H2,28,31,32). The molecule has 0 aliphatic heterocycles. The molecule has 1 saturated carbocycles. The maximum absolute atomic E-state index is 14.2. The second-order valence-corrected chi connectivity index (χ2v) is 13.5. The number of benzene rings is 1. The Bertz CT molecular complexity index is 1340. The van der Waals surface area contributed by atoms with Crippen molar-refractivity contribution in [1.29, 1.82) is 0 Å². The lowest BCUT2D eigenvalue weighted by atomic mass is 9.89. The molecule has 8 nitrogen and oxygen atoms in total. The fraction of sp³-hybridized carbons (Fsp3) is 0.583. The van der Waals surface area contributed by atoms with E-state index in [1.807, 2.05) is 0 Å². The van der Waals surface area contributed by atoms with Crippen molar-refractivity contribution >= 4 is 20.0 Å². The molecule has 2 aromatic rings. The molecule has 1 aromatic carbocycles. The first-order valence-electron chi connectivity index (χ1n) is 11.9. The van der Waals surface area contributed by atoms with Crippen LogP contribution in [0.5, 0.6) is 0 Å². The Balaban J connectivity index is 2.17. The lowest BCUT2D eigenvalue weighted by Crippen LogP contribution is -2.47. The van der Waals surface area contributed by atoms with E-state index < -0.39 is 42.2 Å². The van der Waals surface area contributed by atoms with Crippen LogP contribution in [0, 0.1) is 12.8 Å². The van der Waals surface area contributed by atoms with Gasteiger partial charge in [-0.1, -0.05) is 25.3 Å². The minimum Gasteiger partial charge on any atom is -0.383 e. The van der Waals surface area contributed by atoms with Crippen LogP contribution >= 0.6 is 0 Å². The molecule has 0 radical (unpaired) electrons. The van der Waals surface area contributed by atoms with E-state index in [9.17, 15) is 30.0 Å². The number of primary sulfonamides is 1. The number of nitrogens with one attached hydrogen (secondary N) is 1. The first-order valence-corrected chi connectivity index (χ1v) is 15.0. The van der Waals surface area contributed by atoms with Crippen molar-refractivity contribution in [2.45, 2.75) is 80.9 Å². The number of rotatable bonds is 9. The molecule has 0 spiro atoms. The third kappa shape index (κ3) is 6.94. The Morgan fingerprint density at radius 2 is 1.68 bits per heavy atom. The Kier molecular flexibility index (Phi) is 8.55. The lowest BCUT2D eigenvalue weighted by molar-refractivity contribution is -0.139. The summed E-state index contributed by atoms with van der Waals surface area (Å²) in [5.74, 6) is 0.237. The highest BCUT2D eigenvalue weighted by atomic mass is 32.2. The maximum Gasteiger partial charge on any atom is 0.417 e. The summed E-state index contributed by atoms with van der Waals surface area (Å²) < 4.78 is 102. The number of hydrogen-bond donors (Lipinski definition) is 2. The van der Waals surface area contributed by atoms with Gasteiger partial charge in [-0.25, -0.2) is 26.7 Å². The third-order valence-corrected chi connectivity index (χ3v) is 9.36. The van der Waals surface area contributed by atoms with Crippen LogP contribution in [-0.2, 0) is 37.5 Å². The number of sulfonamides is 2. The van der Waals surface area contributed by atoms with Crippen molar-refractivity contribution in [3.05, 3.63) is 35.5 Å². The number of nitrogens with two attached hydrogens (primary N) is 1. The maximum atomic E-state index is 14.2. The molecule has 13 heteroatoms. The molecule has 208 valence electrons. The minimum absolute atomic E-state index is 0.0382. The van der Waals surface area contributed by atoms with Crippen LogP contribution in [-0.4, -0.2) is 40.7 Å². The van der Waals surface area contributed by atoms with Crippen molar-refractivity contribution in [3.8, 4) is 11.3 Å². The van der Waals surface area contributed by atoms with Gasteiger partial charge >= 0.3 is 6.18 Å². The third-order valence-electron chi connectivity index (χ3n) is 6.58. The van der Waals surface area contributed by atoms with Gasteiger partial charge < -0.3 is 9.30 Å². The summed E-state index contributed by atoms with van der Waals surface area (Å²) in [7, 11) is -7.37. The molecular formula is C24H34F3N3O5S2. The van der Waals surface area contributed by atoms with Gasteiger partial charge in [-0.05, 0) is 63.3 Å². The fourth-order valence-corrected chi connectivity index (χ4v) is 7.37. The Morgan fingerprint density at radius 1 is 1.05 bits per heavy atom. The molecule has 0 atom stereocenters. The van der Waals surface area contributed by atoms with E-state index in [1.165, 1.54) is 33.1 Å². The zero-order valence-corrected chi connectivity index (χ0v) is 23.0. The molecule has 0 unspecified atom stereocenters. The summed E-state index contributed by atoms with van der Waals surface area (Å²) in [4.78, 5) is -1.10. The van der Waals surface area contributed by atoms with Gasteiger partial charge in [-0.2, -0.15) is 13.2 Å². The van der Waals surface area contributed by atoms with Gasteiger partial charge in [0.25, 0.3) is 0 Å². The van der Waals surface area contributed by atoms with E-state index in [-0.39, 0.29) is 28.7 Å². The Morgan fingerprint density at radius 3 is 2.22 bits per heavy atom. The smallest absolute Gasteiger partial charge is 0.383 e. The van der Waals surface area contributed by atoms with Gasteiger partial charge in [0.1, 0.15) is 4.90 Å². The molecule has 1 aromatic heterocycles. The summed E-state index contributed by atoms with van der Waals surface area (Å²) in [6, 6.07) is 4.16. The number of hydrogen-bond acceptors (Lipinski definition) is 5. The van der Waals surface area contributed by atoms with Gasteiger partial charge in [0.2, 0.25) is 20.0 Å². The predicted molar refractivity (Wildman–Crippen MR) is 134 cm³/mol. The van der Waals surface area contributed by atoms with Crippen molar-refractivity contribution in [2.75, 3.05) is 13.7 Å². The number of methoxy groups -OCH3 is 1. The van der Waals surface area contributed by atoms with Crippen LogP contribution in [0.15, 0.2) is 34.1 Å². The summed E-state index contributed by atoms with van der Waals surface area (Å²) in [6.45, 7) is 4.91. The number of alkyl halides is 3. The van der Waals surface area contributed by atoms with Crippen molar-refractivity contribution in [1.82, 2.24) is 9.29 Å². The van der Waals surface area contributed by atoms with Crippen LogP contribution in [0.3, 0.4) is 0 Å². The number of ether oxygens (including phenoxy) is 1. The average molecular weight is 566 g/mol. The molecule has 3 rings (SSSR count). The number of aromatic nitrogens is 1. The Labute approximate surface area is 216 Å². The highest BCUT2D eigenvalue weighted by molar-refractivity contribution is 7.89. The highest BCUT2D eigenvalue weighted by Crippen LogP contribution is 2.39. The van der Waals surface area contributed by atoms with Crippen molar-refractivity contribution in [2.24, 2.45) is 11.1 Å². The molecule has 1 fully saturated rings. The molecular weight excluding hydrogens is 531 g/mol. The largest absolute Gasteiger partial charge is 0.417 e. The van der Waals surface area contributed by atoms with Crippen LogP contribution in [0.1, 0.15) is 57.2 Å². The molecule has 1 heterocycles. The minimum atomic E-state index is -5.00. The van der Waals surface area contributed by atoms with Crippen LogP contribution < -0.4 is 9.86 Å². The predicted octanol–water partition coefficient (Wildman–Crippen LogP) is 4.41. The second-order valence-electron chi connectivity index (χ2n) is 10.3. The van der Waals surface area contributed by atoms with Crippen LogP contribution in [0.25, 0.3) is 11.3 Å². The molecule has 0 bridgehead atoms. The van der Waals surface area contributed by atoms with E-state index in [4.69, 9.17) is 9.88 Å². The van der Waals surface area contributed by atoms with Gasteiger partial charge in [0, 0.05) is 25.0 Å². The zero-order chi connectivity index (χ0) is 27.8. The lowest BCUT2D eigenvalue weighted by Gasteiger charge is -2.26. The quantitative estimate of drug-likeness (QED) is 0.467. The molecule has 37 heavy (non-hydrogen) atoms. The molecule has 3 N–H and O–H groups in total. The van der Waals surface area contributed by atoms with Crippen molar-refractivity contribution < 1.29 is 34.7 Å². The first-order chi connectivity index (χ1) is 17.0. The van der Waals surface area contributed by atoms with Gasteiger partial charge in [0.15, 0.2) is 0 Å². The number of nitrogens with zero attached hydrogens (tertiary/aromatic N) is 1. The summed E-state index contributed by atoms with van der Waals surface area (Å²) in [5, 5.41) is 5.40. The van der Waals surface area contributed by atoms with Gasteiger partial charge in [-0.15, -0.1) is 0 Å². The number of halogens is 3. The first kappa shape index (κ1) is 29.6. The topological polar surface area (TPSA) is 120 Å². The summed E-state index contributed by atoms with van der Waals surface area (Å²) in [6.07, 6.45) is 0.0190. The van der Waals surface area contributed by atoms with Crippen LogP contribution in [0.2, 0.25) is 0 Å². The highest BCUT2D eigenvalue weighted by Gasteiger charge is 2.39. The van der Waals surface area contributed by atoms with Gasteiger partial charge in [0.05, 0.1) is 22.6 Å². The van der Waals surface area contributed by atoms with E-state index in [0.717, 1.165) is 44.2 Å². The average Bonchev–Trinajstić information content (AvgIpc) is 3.09. The van der Waals surface area contributed by atoms with E-state index >= 15 is 0 Å². The summed E-state index contributed by atoms with van der Waals surface area (Å²) >= 11 is 0. The van der Waals surface area contributed by atoms with E-state index in [2.05, 4.69) is 4.72 Å². The Hall–Kier alpha value is -1.93. The zero-order valence-electron chi connectivity index (χ0n) is 21.4. The molecule has 1 aliphatic rings. The second kappa shape index (κ2) is 10.7. The van der Waals surface area contributed by atoms with Crippen LogP contribution in [0.4, 0.5) is 13.2 Å². The summed E-state index contributed by atoms with van der Waals surface area (Å²) in [5.41, 5.74) is -1.92. The SMILES string of the molecule is COCC(C)(C)NS(=O)(=O)c1ccc(-c2cc(S(N)(=O)=O)c(C)n2CC2CCCCC2)cc1C(F)(F)F. The molecule has 0 amide bonds. The monoisotopic (exact) mass is 565 g/mol. The normalized spacial score (nSPS) is 16.3. The molecule has 1 aliphatic carbocycles. The van der Waals surface area contributed by atoms with Gasteiger partial charge in [-0.3, -0.25) is 0 Å². The van der Waals surface area contributed by atoms with E-state index in [1.54, 1.807) is 11.5 Å².